The fraction of sp³-hybridized carbons (Fsp3) is 1.00. The molecular weight excluding hydrogens is 650 g/mol. The molecule has 0 fully saturated rings. The summed E-state index contributed by atoms with van der Waals surface area (Å²) in [4.78, 5) is 8.85. The summed E-state index contributed by atoms with van der Waals surface area (Å²) in [5.41, 5.74) is 0. The summed E-state index contributed by atoms with van der Waals surface area (Å²) in [5.74, 6) is -48.8. The molecule has 0 aromatic carbocycles. The Hall–Kier alpha value is -0.830. The van der Waals surface area contributed by atoms with E-state index in [1.54, 1.807) is 0 Å². The van der Waals surface area contributed by atoms with Gasteiger partial charge in [0.1, 0.15) is 0 Å². The minimum absolute atomic E-state index is 0.910. The standard InChI is InChI=1S/C15H15ClF17O5P/c16-5-7(34)6-37-39(35,36)38-15(32,33)14(30,31)13(28,29)12(26,27)11(24,25)10(22,23)8(17,18)3-1-2-4-9(19,20)21/h7,34H,1-6H2,(H,35,36). The lowest BCUT2D eigenvalue weighted by Crippen LogP contribution is -2.73. The van der Waals surface area contributed by atoms with Crippen molar-refractivity contribution in [3.8, 4) is 0 Å². The first-order valence-electron chi connectivity index (χ1n) is 9.50. The zero-order valence-corrected chi connectivity index (χ0v) is 19.8. The zero-order chi connectivity index (χ0) is 31.7. The van der Waals surface area contributed by atoms with Gasteiger partial charge in [-0.25, -0.2) is 9.09 Å². The Morgan fingerprint density at radius 1 is 0.667 bits per heavy atom. The van der Waals surface area contributed by atoms with Gasteiger partial charge in [0.25, 0.3) is 0 Å². The van der Waals surface area contributed by atoms with E-state index in [-0.39, 0.29) is 0 Å². The van der Waals surface area contributed by atoms with Crippen LogP contribution in [0.2, 0.25) is 0 Å². The van der Waals surface area contributed by atoms with Gasteiger partial charge in [0.05, 0.1) is 18.6 Å². The monoisotopic (exact) mass is 664 g/mol. The average Bonchev–Trinajstić information content (AvgIpc) is 2.72. The number of phosphoric ester groups is 1. The molecule has 0 bridgehead atoms. The van der Waals surface area contributed by atoms with E-state index in [4.69, 9.17) is 21.6 Å². The number of aliphatic hydroxyl groups is 1. The van der Waals surface area contributed by atoms with Crippen LogP contribution in [0.25, 0.3) is 0 Å². The largest absolute Gasteiger partial charge is 0.477 e. The van der Waals surface area contributed by atoms with E-state index in [1.807, 2.05) is 0 Å². The van der Waals surface area contributed by atoms with Gasteiger partial charge in [0.2, 0.25) is 0 Å². The SMILES string of the molecule is O=P(O)(OCC(O)CCl)OC(F)(F)C(F)(F)C(F)(F)C(F)(F)C(F)(F)C(F)(F)C(F)(F)CCCCC(F)(F)F. The molecule has 24 heteroatoms. The van der Waals surface area contributed by atoms with Crippen molar-refractivity contribution in [2.24, 2.45) is 0 Å². The highest BCUT2D eigenvalue weighted by Gasteiger charge is 2.93. The van der Waals surface area contributed by atoms with Crippen molar-refractivity contribution in [1.82, 2.24) is 0 Å². The molecule has 0 aromatic rings. The van der Waals surface area contributed by atoms with Crippen molar-refractivity contribution < 1.29 is 98.2 Å². The van der Waals surface area contributed by atoms with Crippen LogP contribution >= 0.6 is 19.4 Å². The summed E-state index contributed by atoms with van der Waals surface area (Å²) in [6, 6.07) is 0. The number of aliphatic hydroxyl groups excluding tert-OH is 1. The Morgan fingerprint density at radius 3 is 1.46 bits per heavy atom. The summed E-state index contributed by atoms with van der Waals surface area (Å²) >= 11 is 4.94. The topological polar surface area (TPSA) is 76.0 Å². The van der Waals surface area contributed by atoms with Crippen LogP contribution in [0, 0.1) is 0 Å². The van der Waals surface area contributed by atoms with Gasteiger partial charge in [0.15, 0.2) is 0 Å². The van der Waals surface area contributed by atoms with Gasteiger partial charge in [0, 0.05) is 12.8 Å². The lowest BCUT2D eigenvalue weighted by Gasteiger charge is -2.42. The molecule has 0 amide bonds. The van der Waals surface area contributed by atoms with E-state index in [0.717, 1.165) is 0 Å². The molecular formula is C15H15ClF17O5P. The van der Waals surface area contributed by atoms with Crippen molar-refractivity contribution >= 4 is 19.4 Å². The predicted octanol–water partition coefficient (Wildman–Crippen LogP) is 7.25. The number of hydrogen-bond donors (Lipinski definition) is 2. The minimum Gasteiger partial charge on any atom is -0.389 e. The van der Waals surface area contributed by atoms with E-state index < -0.39 is 99.9 Å². The van der Waals surface area contributed by atoms with E-state index in [0.29, 0.717) is 0 Å². The zero-order valence-electron chi connectivity index (χ0n) is 18.2. The first-order valence-corrected chi connectivity index (χ1v) is 11.5. The summed E-state index contributed by atoms with van der Waals surface area (Å²) in [6.45, 7) is -1.65. The number of unbranched alkanes of at least 4 members (excludes halogenated alkanes) is 1. The maximum atomic E-state index is 13.8. The maximum Gasteiger partial charge on any atom is 0.477 e. The third-order valence-corrected chi connectivity index (χ3v) is 5.73. The number of phosphoric acid groups is 1. The van der Waals surface area contributed by atoms with Crippen molar-refractivity contribution in [3.63, 3.8) is 0 Å². The number of halogens is 18. The quantitative estimate of drug-likeness (QED) is 0.0788. The maximum absolute atomic E-state index is 13.8. The second-order valence-electron chi connectivity index (χ2n) is 7.58. The summed E-state index contributed by atoms with van der Waals surface area (Å²) in [6.07, 6.45) is -22.7. The molecule has 0 aliphatic heterocycles. The van der Waals surface area contributed by atoms with E-state index >= 15 is 0 Å². The third kappa shape index (κ3) is 7.92. The molecule has 0 radical (unpaired) electrons. The van der Waals surface area contributed by atoms with Crippen molar-refractivity contribution in [3.05, 3.63) is 0 Å². The Morgan fingerprint density at radius 2 is 1.05 bits per heavy atom. The number of hydrogen-bond acceptors (Lipinski definition) is 4. The fourth-order valence-corrected chi connectivity index (χ4v) is 3.19. The lowest BCUT2D eigenvalue weighted by atomic mass is 9.89. The molecule has 2 N–H and O–H groups in total. The van der Waals surface area contributed by atoms with Crippen LogP contribution in [0.1, 0.15) is 25.7 Å². The molecule has 0 aliphatic carbocycles. The minimum atomic E-state index is -8.54. The number of rotatable bonds is 16. The van der Waals surface area contributed by atoms with Gasteiger partial charge in [-0.1, -0.05) is 0 Å². The van der Waals surface area contributed by atoms with Crippen LogP contribution in [0.15, 0.2) is 0 Å². The van der Waals surface area contributed by atoms with Crippen LogP contribution in [-0.4, -0.2) is 76.4 Å². The molecule has 0 aliphatic rings. The smallest absolute Gasteiger partial charge is 0.389 e. The molecule has 2 unspecified atom stereocenters. The molecule has 0 rings (SSSR count). The van der Waals surface area contributed by atoms with Crippen LogP contribution in [0.4, 0.5) is 74.6 Å². The molecule has 0 saturated carbocycles. The van der Waals surface area contributed by atoms with Gasteiger partial charge < -0.3 is 10.00 Å². The highest BCUT2D eigenvalue weighted by Crippen LogP contribution is 2.64. The molecule has 5 nitrogen and oxygen atoms in total. The molecule has 0 saturated heterocycles. The number of alkyl halides is 18. The first kappa shape index (κ1) is 38.2. The van der Waals surface area contributed by atoms with Crippen LogP contribution in [0.5, 0.6) is 0 Å². The highest BCUT2D eigenvalue weighted by molar-refractivity contribution is 7.47. The lowest BCUT2D eigenvalue weighted by molar-refractivity contribution is -0.458. The van der Waals surface area contributed by atoms with Gasteiger partial charge >= 0.3 is 55.6 Å². The molecule has 0 heterocycles. The Kier molecular flexibility index (Phi) is 11.6. The summed E-state index contributed by atoms with van der Waals surface area (Å²) in [7, 11) is -6.79. The first-order chi connectivity index (χ1) is 16.9. The summed E-state index contributed by atoms with van der Waals surface area (Å²) in [5, 5.41) is 8.89. The van der Waals surface area contributed by atoms with Gasteiger partial charge in [-0.05, 0) is 12.8 Å². The third-order valence-electron chi connectivity index (χ3n) is 4.44. The van der Waals surface area contributed by atoms with E-state index in [9.17, 15) is 79.2 Å². The summed E-state index contributed by atoms with van der Waals surface area (Å²) < 4.78 is 245. The van der Waals surface area contributed by atoms with Crippen molar-refractivity contribution in [2.75, 3.05) is 12.5 Å². The molecule has 236 valence electrons. The average molecular weight is 665 g/mol. The van der Waals surface area contributed by atoms with Crippen LogP contribution in [-0.2, 0) is 13.6 Å². The second kappa shape index (κ2) is 11.8. The van der Waals surface area contributed by atoms with Crippen molar-refractivity contribution in [2.45, 2.75) is 79.6 Å². The van der Waals surface area contributed by atoms with Gasteiger partial charge in [-0.15, -0.1) is 11.6 Å². The Labute approximate surface area is 210 Å². The van der Waals surface area contributed by atoms with E-state index in [1.165, 1.54) is 0 Å². The van der Waals surface area contributed by atoms with Crippen LogP contribution in [0.3, 0.4) is 0 Å². The second-order valence-corrected chi connectivity index (χ2v) is 9.27. The molecule has 39 heavy (non-hydrogen) atoms. The van der Waals surface area contributed by atoms with Gasteiger partial charge in [-0.3, -0.25) is 4.52 Å². The molecule has 0 spiro atoms. The highest BCUT2D eigenvalue weighted by atomic mass is 35.5. The van der Waals surface area contributed by atoms with E-state index in [2.05, 4.69) is 9.05 Å². The fourth-order valence-electron chi connectivity index (χ4n) is 2.29. The van der Waals surface area contributed by atoms with Crippen LogP contribution < -0.4 is 0 Å². The Bertz CT molecular complexity index is 866. The van der Waals surface area contributed by atoms with Crippen molar-refractivity contribution in [1.29, 1.82) is 0 Å². The van der Waals surface area contributed by atoms with Gasteiger partial charge in [-0.2, -0.15) is 74.6 Å². The molecule has 0 aromatic heterocycles. The normalized spacial score (nSPS) is 17.7. The Balaban J connectivity index is 6.23. The molecule has 2 atom stereocenters. The predicted molar refractivity (Wildman–Crippen MR) is 92.7 cm³/mol.